The molecule has 1 saturated carbocycles. The number of aliphatic hydroxyl groups is 1. The van der Waals surface area contributed by atoms with E-state index in [0.29, 0.717) is 5.56 Å². The molecule has 3 unspecified atom stereocenters. The van der Waals surface area contributed by atoms with Gasteiger partial charge in [-0.05, 0) is 18.4 Å². The molecule has 148 valence electrons. The quantitative estimate of drug-likeness (QED) is 0.808. The average Bonchev–Trinajstić information content (AvgIpc) is 3.37. The average molecular weight is 365 g/mol. The molecule has 1 aromatic rings. The normalized spacial score (nSPS) is 24.5. The molecule has 0 bridgehead atoms. The van der Waals surface area contributed by atoms with E-state index < -0.39 is 11.6 Å². The highest BCUT2D eigenvalue weighted by atomic mass is 16.6. The monoisotopic (exact) mass is 364 g/mol. The molecule has 0 radical (unpaired) electrons. The first-order valence-electron chi connectivity index (χ1n) is 10.4. The van der Waals surface area contributed by atoms with E-state index in [2.05, 4.69) is 7.05 Å². The van der Waals surface area contributed by atoms with Crippen molar-refractivity contribution in [3.05, 3.63) is 35.9 Å². The SMILES string of the molecule is CC.CC.C[NH+]1CCC(OC(=O)C(O)(c2ccccc2)C2CCCC2)C1. The van der Waals surface area contributed by atoms with Gasteiger partial charge < -0.3 is 14.7 Å². The number of likely N-dealkylation sites (tertiary alicyclic amines) is 1. The highest BCUT2D eigenvalue weighted by molar-refractivity contribution is 5.81. The molecule has 1 saturated heterocycles. The lowest BCUT2D eigenvalue weighted by Crippen LogP contribution is -3.07. The molecular weight excluding hydrogens is 326 g/mol. The summed E-state index contributed by atoms with van der Waals surface area (Å²) in [5.41, 5.74) is -0.820. The predicted octanol–water partition coefficient (Wildman–Crippen LogP) is 2.95. The van der Waals surface area contributed by atoms with Gasteiger partial charge in [0.15, 0.2) is 11.7 Å². The molecule has 3 atom stereocenters. The molecule has 0 spiro atoms. The maximum Gasteiger partial charge on any atom is 0.343 e. The van der Waals surface area contributed by atoms with E-state index in [9.17, 15) is 9.90 Å². The molecular formula is C22H38NO3+. The number of hydrogen-bond donors (Lipinski definition) is 2. The second-order valence-corrected chi connectivity index (χ2v) is 6.84. The summed E-state index contributed by atoms with van der Waals surface area (Å²) in [5.74, 6) is -0.487. The molecule has 4 heteroatoms. The van der Waals surface area contributed by atoms with Gasteiger partial charge in [0.05, 0.1) is 13.6 Å². The van der Waals surface area contributed by atoms with Gasteiger partial charge in [0, 0.05) is 12.3 Å². The summed E-state index contributed by atoms with van der Waals surface area (Å²) in [6.07, 6.45) is 4.73. The smallest absolute Gasteiger partial charge is 0.343 e. The van der Waals surface area contributed by atoms with Crippen LogP contribution in [0.2, 0.25) is 0 Å². The van der Waals surface area contributed by atoms with Crippen LogP contribution in [0.5, 0.6) is 0 Å². The molecule has 0 amide bonds. The predicted molar refractivity (Wildman–Crippen MR) is 106 cm³/mol. The Morgan fingerprint density at radius 3 is 2.15 bits per heavy atom. The van der Waals surface area contributed by atoms with Crippen molar-refractivity contribution in [2.45, 2.75) is 71.5 Å². The second-order valence-electron chi connectivity index (χ2n) is 6.84. The Labute approximate surface area is 159 Å². The Bertz CT molecular complexity index is 513. The molecule has 3 rings (SSSR count). The first-order chi connectivity index (χ1) is 12.6. The van der Waals surface area contributed by atoms with Gasteiger partial charge in [-0.25, -0.2) is 4.79 Å². The van der Waals surface area contributed by atoms with Gasteiger partial charge in [-0.15, -0.1) is 0 Å². The molecule has 2 N–H and O–H groups in total. The van der Waals surface area contributed by atoms with E-state index in [0.717, 1.165) is 45.2 Å². The second kappa shape index (κ2) is 11.3. The topological polar surface area (TPSA) is 51.0 Å². The number of hydrogen-bond acceptors (Lipinski definition) is 3. The van der Waals surface area contributed by atoms with Crippen molar-refractivity contribution in [1.82, 2.24) is 0 Å². The van der Waals surface area contributed by atoms with Crippen LogP contribution in [0, 0.1) is 5.92 Å². The number of likely N-dealkylation sites (N-methyl/N-ethyl adjacent to an activating group) is 1. The van der Waals surface area contributed by atoms with Crippen LogP contribution in [-0.4, -0.2) is 37.3 Å². The van der Waals surface area contributed by atoms with Crippen LogP contribution < -0.4 is 4.90 Å². The van der Waals surface area contributed by atoms with Gasteiger partial charge in [0.2, 0.25) is 0 Å². The Morgan fingerprint density at radius 2 is 1.65 bits per heavy atom. The van der Waals surface area contributed by atoms with Crippen molar-refractivity contribution in [1.29, 1.82) is 0 Å². The lowest BCUT2D eigenvalue weighted by molar-refractivity contribution is -0.867. The maximum absolute atomic E-state index is 12.8. The molecule has 1 heterocycles. The Kier molecular flexibility index (Phi) is 9.89. The van der Waals surface area contributed by atoms with E-state index >= 15 is 0 Å². The number of quaternary nitrogens is 1. The Morgan fingerprint density at radius 1 is 1.08 bits per heavy atom. The Balaban J connectivity index is 0.000000791. The van der Waals surface area contributed by atoms with E-state index in [1.165, 1.54) is 4.90 Å². The minimum atomic E-state index is -1.49. The van der Waals surface area contributed by atoms with Gasteiger partial charge in [-0.2, -0.15) is 0 Å². The van der Waals surface area contributed by atoms with E-state index in [1.807, 2.05) is 58.0 Å². The summed E-state index contributed by atoms with van der Waals surface area (Å²) in [6.45, 7) is 9.85. The van der Waals surface area contributed by atoms with Gasteiger partial charge in [0.1, 0.15) is 6.54 Å². The summed E-state index contributed by atoms with van der Waals surface area (Å²) in [5, 5.41) is 11.3. The number of nitrogens with one attached hydrogen (secondary N) is 1. The molecule has 1 aromatic carbocycles. The van der Waals surface area contributed by atoms with Gasteiger partial charge >= 0.3 is 5.97 Å². The fraction of sp³-hybridized carbons (Fsp3) is 0.682. The van der Waals surface area contributed by atoms with Crippen molar-refractivity contribution in [2.75, 3.05) is 20.1 Å². The first kappa shape index (κ1) is 22.7. The minimum absolute atomic E-state index is 0.0334. The lowest BCUT2D eigenvalue weighted by Gasteiger charge is -2.33. The summed E-state index contributed by atoms with van der Waals surface area (Å²) in [7, 11) is 2.11. The number of ether oxygens (including phenoxy) is 1. The largest absolute Gasteiger partial charge is 0.454 e. The zero-order valence-electron chi connectivity index (χ0n) is 17.3. The van der Waals surface area contributed by atoms with Gasteiger partial charge in [0.25, 0.3) is 0 Å². The van der Waals surface area contributed by atoms with Crippen molar-refractivity contribution >= 4 is 5.97 Å². The highest BCUT2D eigenvalue weighted by Crippen LogP contribution is 2.41. The van der Waals surface area contributed by atoms with Crippen molar-refractivity contribution in [3.63, 3.8) is 0 Å². The molecule has 26 heavy (non-hydrogen) atoms. The minimum Gasteiger partial charge on any atom is -0.454 e. The van der Waals surface area contributed by atoms with E-state index in [1.54, 1.807) is 0 Å². The zero-order valence-corrected chi connectivity index (χ0v) is 17.3. The lowest BCUT2D eigenvalue weighted by atomic mass is 9.80. The molecule has 4 nitrogen and oxygen atoms in total. The molecule has 1 aliphatic heterocycles. The van der Waals surface area contributed by atoms with Crippen molar-refractivity contribution < 1.29 is 19.5 Å². The van der Waals surface area contributed by atoms with Crippen LogP contribution in [-0.2, 0) is 15.1 Å². The van der Waals surface area contributed by atoms with E-state index in [-0.39, 0.29) is 12.0 Å². The van der Waals surface area contributed by atoms with Crippen LogP contribution >= 0.6 is 0 Å². The van der Waals surface area contributed by atoms with Crippen LogP contribution in [0.3, 0.4) is 0 Å². The molecule has 2 aliphatic rings. The van der Waals surface area contributed by atoms with Crippen LogP contribution in [0.1, 0.15) is 65.4 Å². The maximum atomic E-state index is 12.8. The summed E-state index contributed by atoms with van der Waals surface area (Å²) in [6, 6.07) is 9.32. The molecule has 1 aliphatic carbocycles. The molecule has 2 fully saturated rings. The van der Waals surface area contributed by atoms with Gasteiger partial charge in [-0.1, -0.05) is 70.9 Å². The van der Waals surface area contributed by atoms with Crippen LogP contribution in [0.15, 0.2) is 30.3 Å². The van der Waals surface area contributed by atoms with Crippen molar-refractivity contribution in [3.8, 4) is 0 Å². The third kappa shape index (κ3) is 5.31. The fourth-order valence-electron chi connectivity index (χ4n) is 3.90. The third-order valence-electron chi connectivity index (χ3n) is 5.21. The van der Waals surface area contributed by atoms with Gasteiger partial charge in [-0.3, -0.25) is 0 Å². The zero-order chi connectivity index (χ0) is 19.6. The fourth-order valence-corrected chi connectivity index (χ4v) is 3.90. The highest BCUT2D eigenvalue weighted by Gasteiger charge is 2.48. The summed E-state index contributed by atoms with van der Waals surface area (Å²) >= 11 is 0. The third-order valence-corrected chi connectivity index (χ3v) is 5.21. The Hall–Kier alpha value is -1.39. The number of carbonyl (C=O) groups is 1. The standard InChI is InChI=1S/C18H25NO3.2C2H6/c1-19-12-11-16(13-19)22-17(20)18(21,15-9-5-6-10-15)14-7-3-2-4-8-14;2*1-2/h2-4,7-8,15-16,21H,5-6,9-13H2,1H3;2*1-2H3/p+1. The number of rotatable bonds is 4. The summed E-state index contributed by atoms with van der Waals surface area (Å²) < 4.78 is 5.70. The van der Waals surface area contributed by atoms with Crippen LogP contribution in [0.25, 0.3) is 0 Å². The summed E-state index contributed by atoms with van der Waals surface area (Å²) in [4.78, 5) is 14.2. The van der Waals surface area contributed by atoms with Crippen molar-refractivity contribution in [2.24, 2.45) is 5.92 Å². The first-order valence-corrected chi connectivity index (χ1v) is 10.4. The molecule has 0 aromatic heterocycles. The number of esters is 1. The number of benzene rings is 1. The number of carbonyl (C=O) groups excluding carboxylic acids is 1. The van der Waals surface area contributed by atoms with E-state index in [4.69, 9.17) is 4.74 Å². The van der Waals surface area contributed by atoms with Crippen LogP contribution in [0.4, 0.5) is 0 Å².